The fraction of sp³-hybridized carbons (Fsp3) is 0.312. The zero-order valence-corrected chi connectivity index (χ0v) is 22.5. The van der Waals surface area contributed by atoms with Gasteiger partial charge in [-0.05, 0) is 91.1 Å². The molecular weight excluding hydrogens is 522 g/mol. The first-order valence-corrected chi connectivity index (χ1v) is 14.2. The molecule has 2 heterocycles. The van der Waals surface area contributed by atoms with E-state index in [-0.39, 0.29) is 17.3 Å². The highest BCUT2D eigenvalue weighted by Gasteiger charge is 2.34. The summed E-state index contributed by atoms with van der Waals surface area (Å²) in [4.78, 5) is 39.8. The van der Waals surface area contributed by atoms with Gasteiger partial charge < -0.3 is 19.8 Å². The van der Waals surface area contributed by atoms with Gasteiger partial charge in [0.25, 0.3) is 11.6 Å². The quantitative estimate of drug-likeness (QED) is 0.118. The van der Waals surface area contributed by atoms with Crippen molar-refractivity contribution in [2.24, 2.45) is 0 Å². The number of nitrogens with one attached hydrogen (secondary N) is 2. The molecule has 1 aromatic heterocycles. The Morgan fingerprint density at radius 2 is 1.56 bits per heavy atom. The van der Waals surface area contributed by atoms with Crippen LogP contribution in [0.15, 0.2) is 48.0 Å². The lowest BCUT2D eigenvalue weighted by molar-refractivity contribution is -0.384. The van der Waals surface area contributed by atoms with Crippen molar-refractivity contribution >= 4 is 45.1 Å². The minimum Gasteiger partial charge on any atom is -0.395 e. The largest absolute Gasteiger partial charge is 0.519 e. The van der Waals surface area contributed by atoms with E-state index in [1.807, 2.05) is 6.07 Å². The molecule has 41 heavy (non-hydrogen) atoms. The van der Waals surface area contributed by atoms with Crippen LogP contribution in [0, 0.1) is 10.1 Å². The number of aromatic nitrogens is 1. The Labute approximate surface area is 235 Å². The summed E-state index contributed by atoms with van der Waals surface area (Å²) in [5, 5.41) is 15.8. The van der Waals surface area contributed by atoms with Crippen molar-refractivity contribution in [2.45, 2.75) is 64.3 Å². The normalized spacial score (nSPS) is 16.7. The van der Waals surface area contributed by atoms with Crippen LogP contribution in [-0.2, 0) is 13.0 Å². The van der Waals surface area contributed by atoms with Gasteiger partial charge in [0.1, 0.15) is 11.5 Å². The molecule has 4 aromatic rings. The van der Waals surface area contributed by atoms with E-state index < -0.39 is 11.1 Å². The van der Waals surface area contributed by atoms with Crippen molar-refractivity contribution in [1.29, 1.82) is 0 Å². The minimum atomic E-state index is -0.947. The Balaban J connectivity index is 1.28. The number of amides is 1. The Kier molecular flexibility index (Phi) is 6.22. The molecule has 0 atom stereocenters. The summed E-state index contributed by atoms with van der Waals surface area (Å²) in [6.45, 7) is 0.459. The minimum absolute atomic E-state index is 0.0137. The van der Waals surface area contributed by atoms with Crippen molar-refractivity contribution in [3.05, 3.63) is 80.4 Å². The summed E-state index contributed by atoms with van der Waals surface area (Å²) in [6.07, 6.45) is 9.24. The predicted octanol–water partition coefficient (Wildman–Crippen LogP) is 7.49. The second-order valence-electron chi connectivity index (χ2n) is 11.0. The summed E-state index contributed by atoms with van der Waals surface area (Å²) in [5.41, 5.74) is 8.95. The van der Waals surface area contributed by atoms with Crippen molar-refractivity contribution in [1.82, 2.24) is 10.3 Å². The zero-order valence-electron chi connectivity index (χ0n) is 22.5. The molecule has 1 aliphatic heterocycles. The lowest BCUT2D eigenvalue weighted by atomic mass is 9.77. The number of nitro groups is 1. The van der Waals surface area contributed by atoms with E-state index in [2.05, 4.69) is 10.3 Å². The first-order chi connectivity index (χ1) is 20.0. The Morgan fingerprint density at radius 1 is 0.829 bits per heavy atom. The number of allylic oxidation sites excluding steroid dienone is 2. The molecule has 3 aromatic carbocycles. The standard InChI is InChI=1S/C32H29N3O6/c36-31-29-25(17-33-31)28-24-16-21(41-32(37)40-20-11-9-19(10-12-20)35(38)39)13-15-26(24)34-30(28)23-14-8-18-6-4-2-1-3-5-7-22(18)27(23)29/h9-13,15-16,34H,1-8,14,17H2,(H,33,36). The van der Waals surface area contributed by atoms with Crippen molar-refractivity contribution < 1.29 is 24.0 Å². The fourth-order valence-corrected chi connectivity index (χ4v) is 6.79. The molecule has 2 aliphatic carbocycles. The maximum Gasteiger partial charge on any atom is 0.519 e. The molecule has 0 spiro atoms. The van der Waals surface area contributed by atoms with Gasteiger partial charge in [0.05, 0.1) is 16.0 Å². The number of non-ortho nitro benzene ring substituents is 1. The van der Waals surface area contributed by atoms with E-state index in [1.54, 1.807) is 12.1 Å². The van der Waals surface area contributed by atoms with Crippen molar-refractivity contribution in [2.75, 3.05) is 0 Å². The lowest BCUT2D eigenvalue weighted by Crippen LogP contribution is -2.16. The second kappa shape index (κ2) is 10.1. The zero-order chi connectivity index (χ0) is 28.1. The van der Waals surface area contributed by atoms with Crippen molar-refractivity contribution in [3.63, 3.8) is 0 Å². The molecule has 9 heteroatoms. The van der Waals surface area contributed by atoms with E-state index >= 15 is 0 Å². The average molecular weight is 552 g/mol. The highest BCUT2D eigenvalue weighted by Crippen LogP contribution is 2.47. The van der Waals surface area contributed by atoms with Crippen LogP contribution in [0.1, 0.15) is 78.4 Å². The first-order valence-electron chi connectivity index (χ1n) is 14.2. The van der Waals surface area contributed by atoms with Gasteiger partial charge >= 0.3 is 6.16 Å². The van der Waals surface area contributed by atoms with Gasteiger partial charge in [-0.25, -0.2) is 4.79 Å². The molecule has 9 nitrogen and oxygen atoms in total. The average Bonchev–Trinajstić information content (AvgIpc) is 3.56. The molecule has 208 valence electrons. The molecule has 0 unspecified atom stereocenters. The summed E-state index contributed by atoms with van der Waals surface area (Å²) < 4.78 is 10.7. The van der Waals surface area contributed by atoms with Gasteiger partial charge in [-0.2, -0.15) is 0 Å². The summed E-state index contributed by atoms with van der Waals surface area (Å²) in [5.74, 6) is 0.428. The first kappa shape index (κ1) is 25.3. The van der Waals surface area contributed by atoms with E-state index in [0.29, 0.717) is 12.3 Å². The van der Waals surface area contributed by atoms with Gasteiger partial charge in [-0.1, -0.05) is 24.8 Å². The highest BCUT2D eigenvalue weighted by molar-refractivity contribution is 6.18. The predicted molar refractivity (Wildman–Crippen MR) is 154 cm³/mol. The number of carbonyl (C=O) groups is 2. The van der Waals surface area contributed by atoms with Gasteiger partial charge in [0.15, 0.2) is 0 Å². The molecule has 0 saturated carbocycles. The third-order valence-electron chi connectivity index (χ3n) is 8.64. The smallest absolute Gasteiger partial charge is 0.395 e. The van der Waals surface area contributed by atoms with E-state index in [0.717, 1.165) is 70.6 Å². The lowest BCUT2D eigenvalue weighted by Gasteiger charge is -2.26. The number of aryl methyl sites for hydroxylation is 1. The number of fused-ring (bicyclic) bond motifs is 9. The van der Waals surface area contributed by atoms with Gasteiger partial charge in [-0.3, -0.25) is 14.9 Å². The molecular formula is C32H29N3O6. The van der Waals surface area contributed by atoms with Gasteiger partial charge in [-0.15, -0.1) is 0 Å². The van der Waals surface area contributed by atoms with E-state index in [4.69, 9.17) is 9.47 Å². The second-order valence-corrected chi connectivity index (χ2v) is 11.0. The number of ether oxygens (including phenoxy) is 2. The Bertz CT molecular complexity index is 1780. The van der Waals surface area contributed by atoms with Crippen LogP contribution in [0.4, 0.5) is 10.5 Å². The molecule has 2 N–H and O–H groups in total. The summed E-state index contributed by atoms with van der Waals surface area (Å²) >= 11 is 0. The molecule has 0 fully saturated rings. The van der Waals surface area contributed by atoms with E-state index in [1.165, 1.54) is 66.7 Å². The van der Waals surface area contributed by atoms with Gasteiger partial charge in [0, 0.05) is 35.0 Å². The Morgan fingerprint density at radius 3 is 2.37 bits per heavy atom. The SMILES string of the molecule is O=C(Oc1ccc([N+](=O)[O-])cc1)Oc1ccc2[nH]c3c4c(c5c(c3c2c1)CNC5=O)C1=C(CCCCCCC1)CC4. The van der Waals surface area contributed by atoms with Crippen LogP contribution < -0.4 is 14.8 Å². The van der Waals surface area contributed by atoms with Crippen LogP contribution in [0.25, 0.3) is 27.4 Å². The molecule has 0 saturated heterocycles. The topological polar surface area (TPSA) is 124 Å². The van der Waals surface area contributed by atoms with Gasteiger partial charge in [0.2, 0.25) is 0 Å². The highest BCUT2D eigenvalue weighted by atomic mass is 16.7. The number of benzene rings is 3. The van der Waals surface area contributed by atoms with Crippen molar-refractivity contribution in [3.8, 4) is 11.5 Å². The molecule has 0 bridgehead atoms. The molecule has 7 rings (SSSR count). The number of aromatic amines is 1. The van der Waals surface area contributed by atoms with Crippen LogP contribution in [-0.4, -0.2) is 22.0 Å². The number of nitrogens with zero attached hydrogens (tertiary/aromatic N) is 1. The number of hydrogen-bond donors (Lipinski definition) is 2. The van der Waals surface area contributed by atoms with Crippen LogP contribution in [0.3, 0.4) is 0 Å². The van der Waals surface area contributed by atoms with E-state index in [9.17, 15) is 19.7 Å². The maximum absolute atomic E-state index is 13.3. The summed E-state index contributed by atoms with van der Waals surface area (Å²) in [7, 11) is 0. The third kappa shape index (κ3) is 4.41. The summed E-state index contributed by atoms with van der Waals surface area (Å²) in [6, 6.07) is 10.6. The number of nitro benzene ring substituents is 1. The van der Waals surface area contributed by atoms with Crippen LogP contribution >= 0.6 is 0 Å². The van der Waals surface area contributed by atoms with Crippen LogP contribution in [0.5, 0.6) is 11.5 Å². The molecule has 0 radical (unpaired) electrons. The maximum atomic E-state index is 13.3. The number of hydrogen-bond acceptors (Lipinski definition) is 6. The number of carbonyl (C=O) groups excluding carboxylic acids is 2. The molecule has 3 aliphatic rings. The molecule has 1 amide bonds. The number of rotatable bonds is 3. The Hall–Kier alpha value is -4.66. The third-order valence-corrected chi connectivity index (χ3v) is 8.64. The monoisotopic (exact) mass is 551 g/mol. The fourth-order valence-electron chi connectivity index (χ4n) is 6.79. The number of H-pyrrole nitrogens is 1. The van der Waals surface area contributed by atoms with Crippen LogP contribution in [0.2, 0.25) is 0 Å².